The fourth-order valence-electron chi connectivity index (χ4n) is 1.91. The van der Waals surface area contributed by atoms with Crippen LogP contribution in [-0.4, -0.2) is 34.9 Å². The lowest BCUT2D eigenvalue weighted by Crippen LogP contribution is -2.27. The molecule has 0 atom stereocenters. The van der Waals surface area contributed by atoms with Gasteiger partial charge in [0, 0.05) is 30.9 Å². The Morgan fingerprint density at radius 3 is 2.75 bits per heavy atom. The van der Waals surface area contributed by atoms with Crippen LogP contribution in [0.2, 0.25) is 0 Å². The molecule has 0 aliphatic rings. The zero-order valence-electron chi connectivity index (χ0n) is 12.1. The topological polar surface area (TPSA) is 58.1 Å². The summed E-state index contributed by atoms with van der Waals surface area (Å²) in [6, 6.07) is 1.87. The lowest BCUT2D eigenvalue weighted by Gasteiger charge is -2.18. The Morgan fingerprint density at radius 1 is 1.40 bits per heavy atom. The van der Waals surface area contributed by atoms with E-state index in [4.69, 9.17) is 0 Å². The van der Waals surface area contributed by atoms with Crippen molar-refractivity contribution < 1.29 is 4.79 Å². The number of thiazole rings is 1. The van der Waals surface area contributed by atoms with Gasteiger partial charge in [-0.3, -0.25) is 9.78 Å². The van der Waals surface area contributed by atoms with Crippen molar-refractivity contribution in [3.8, 4) is 0 Å². The molecule has 0 bridgehead atoms. The van der Waals surface area contributed by atoms with Crippen LogP contribution in [0.1, 0.15) is 26.6 Å². The minimum absolute atomic E-state index is 0.0466. The molecule has 0 saturated heterocycles. The molecule has 0 radical (unpaired) electrons. The highest BCUT2D eigenvalue weighted by Gasteiger charge is 2.17. The second-order valence-corrected chi connectivity index (χ2v) is 5.58. The smallest absolute Gasteiger partial charge is 0.257 e. The third kappa shape index (κ3) is 2.96. The number of anilines is 1. The molecule has 1 N–H and O–H groups in total. The van der Waals surface area contributed by atoms with Gasteiger partial charge in [0.2, 0.25) is 0 Å². The highest BCUT2D eigenvalue weighted by atomic mass is 32.1. The van der Waals surface area contributed by atoms with Crippen molar-refractivity contribution in [1.82, 2.24) is 14.9 Å². The Labute approximate surface area is 122 Å². The summed E-state index contributed by atoms with van der Waals surface area (Å²) >= 11 is 1.57. The maximum Gasteiger partial charge on any atom is 0.257 e. The predicted octanol–water partition coefficient (Wildman–Crippen LogP) is 2.47. The Kier molecular flexibility index (Phi) is 4.34. The number of carbonyl (C=O) groups excluding carboxylic acids is 1. The molecular weight excluding hydrogens is 272 g/mol. The van der Waals surface area contributed by atoms with Crippen LogP contribution in [0.25, 0.3) is 0 Å². The van der Waals surface area contributed by atoms with Crippen LogP contribution < -0.4 is 5.32 Å². The number of hydrogen-bond donors (Lipinski definition) is 1. The van der Waals surface area contributed by atoms with E-state index in [9.17, 15) is 4.79 Å². The van der Waals surface area contributed by atoms with Crippen LogP contribution in [0, 0.1) is 13.8 Å². The van der Waals surface area contributed by atoms with Gasteiger partial charge in [-0.05, 0) is 19.9 Å². The van der Waals surface area contributed by atoms with Gasteiger partial charge < -0.3 is 10.2 Å². The summed E-state index contributed by atoms with van der Waals surface area (Å²) in [5, 5.41) is 3.05. The quantitative estimate of drug-likeness (QED) is 0.939. The molecule has 2 heterocycles. The van der Waals surface area contributed by atoms with E-state index < -0.39 is 0 Å². The molecule has 2 aromatic heterocycles. The fraction of sp³-hybridized carbons (Fsp3) is 0.357. The second kappa shape index (κ2) is 6.00. The van der Waals surface area contributed by atoms with E-state index in [1.165, 1.54) is 0 Å². The average molecular weight is 290 g/mol. The van der Waals surface area contributed by atoms with E-state index in [1.54, 1.807) is 42.0 Å². The maximum atomic E-state index is 12.5. The molecule has 0 fully saturated rings. The molecule has 20 heavy (non-hydrogen) atoms. The Morgan fingerprint density at radius 2 is 2.15 bits per heavy atom. The van der Waals surface area contributed by atoms with Gasteiger partial charge in [-0.25, -0.2) is 4.98 Å². The molecule has 0 aliphatic carbocycles. The molecule has 0 spiro atoms. The standard InChI is InChI=1S/C14H18N4OS/c1-9-5-12(15-3)11(6-16-9)14(19)18(4)7-13-10(2)17-8-20-13/h5-6,8H,7H2,1-4H3,(H,15,16). The lowest BCUT2D eigenvalue weighted by molar-refractivity contribution is 0.0787. The summed E-state index contributed by atoms with van der Waals surface area (Å²) < 4.78 is 0. The number of carbonyl (C=O) groups is 1. The largest absolute Gasteiger partial charge is 0.387 e. The average Bonchev–Trinajstić information content (AvgIpc) is 2.83. The van der Waals surface area contributed by atoms with Crippen LogP contribution in [0.5, 0.6) is 0 Å². The van der Waals surface area contributed by atoms with Crippen molar-refractivity contribution in [2.75, 3.05) is 19.4 Å². The monoisotopic (exact) mass is 290 g/mol. The lowest BCUT2D eigenvalue weighted by atomic mass is 10.2. The zero-order chi connectivity index (χ0) is 14.7. The van der Waals surface area contributed by atoms with Crippen molar-refractivity contribution in [2.45, 2.75) is 20.4 Å². The summed E-state index contributed by atoms with van der Waals surface area (Å²) in [4.78, 5) is 23.7. The summed E-state index contributed by atoms with van der Waals surface area (Å²) in [7, 11) is 3.60. The minimum Gasteiger partial charge on any atom is -0.387 e. The first-order valence-corrected chi connectivity index (χ1v) is 7.19. The summed E-state index contributed by atoms with van der Waals surface area (Å²) in [5.74, 6) is -0.0466. The van der Waals surface area contributed by atoms with Crippen LogP contribution in [-0.2, 0) is 6.54 Å². The minimum atomic E-state index is -0.0466. The van der Waals surface area contributed by atoms with Crippen molar-refractivity contribution in [1.29, 1.82) is 0 Å². The first-order valence-electron chi connectivity index (χ1n) is 6.31. The van der Waals surface area contributed by atoms with Crippen molar-refractivity contribution in [2.24, 2.45) is 0 Å². The third-order valence-electron chi connectivity index (χ3n) is 3.11. The van der Waals surface area contributed by atoms with Gasteiger partial charge in [0.05, 0.1) is 29.0 Å². The number of aromatic nitrogens is 2. The molecule has 2 rings (SSSR count). The number of nitrogens with one attached hydrogen (secondary N) is 1. The Hall–Kier alpha value is -1.95. The predicted molar refractivity (Wildman–Crippen MR) is 81.2 cm³/mol. The van der Waals surface area contributed by atoms with E-state index in [0.29, 0.717) is 12.1 Å². The van der Waals surface area contributed by atoms with E-state index in [1.807, 2.05) is 19.9 Å². The SMILES string of the molecule is CNc1cc(C)ncc1C(=O)N(C)Cc1scnc1C. The summed E-state index contributed by atoms with van der Waals surface area (Å²) in [6.45, 7) is 4.42. The van der Waals surface area contributed by atoms with Gasteiger partial charge in [-0.15, -0.1) is 11.3 Å². The molecule has 0 unspecified atom stereocenters. The van der Waals surface area contributed by atoms with Crippen LogP contribution in [0.4, 0.5) is 5.69 Å². The first kappa shape index (κ1) is 14.5. The Balaban J connectivity index is 2.20. The van der Waals surface area contributed by atoms with Gasteiger partial charge in [-0.2, -0.15) is 0 Å². The van der Waals surface area contributed by atoms with Gasteiger partial charge >= 0.3 is 0 Å². The van der Waals surface area contributed by atoms with Gasteiger partial charge in [0.25, 0.3) is 5.91 Å². The van der Waals surface area contributed by atoms with Crippen molar-refractivity contribution in [3.63, 3.8) is 0 Å². The van der Waals surface area contributed by atoms with E-state index in [2.05, 4.69) is 15.3 Å². The number of amides is 1. The number of nitrogens with zero attached hydrogens (tertiary/aromatic N) is 3. The number of rotatable bonds is 4. The van der Waals surface area contributed by atoms with E-state index in [0.717, 1.165) is 22.0 Å². The third-order valence-corrected chi connectivity index (χ3v) is 4.03. The van der Waals surface area contributed by atoms with Crippen molar-refractivity contribution in [3.05, 3.63) is 39.6 Å². The van der Waals surface area contributed by atoms with Crippen LogP contribution in [0.3, 0.4) is 0 Å². The highest BCUT2D eigenvalue weighted by Crippen LogP contribution is 2.19. The summed E-state index contributed by atoms with van der Waals surface area (Å²) in [6.07, 6.45) is 1.62. The molecule has 0 aromatic carbocycles. The second-order valence-electron chi connectivity index (χ2n) is 4.64. The molecule has 0 aliphatic heterocycles. The van der Waals surface area contributed by atoms with Crippen LogP contribution in [0.15, 0.2) is 17.8 Å². The maximum absolute atomic E-state index is 12.5. The normalized spacial score (nSPS) is 10.4. The highest BCUT2D eigenvalue weighted by molar-refractivity contribution is 7.09. The van der Waals surface area contributed by atoms with Crippen molar-refractivity contribution >= 4 is 22.9 Å². The molecule has 2 aromatic rings. The molecule has 1 amide bonds. The molecule has 6 heteroatoms. The molecule has 106 valence electrons. The molecule has 0 saturated carbocycles. The fourth-order valence-corrected chi connectivity index (χ4v) is 2.74. The van der Waals surface area contributed by atoms with Crippen LogP contribution >= 0.6 is 11.3 Å². The molecular formula is C14H18N4OS. The number of aryl methyl sites for hydroxylation is 2. The Bertz CT molecular complexity index is 623. The summed E-state index contributed by atoms with van der Waals surface area (Å²) in [5.41, 5.74) is 5.05. The van der Waals surface area contributed by atoms with E-state index >= 15 is 0 Å². The van der Waals surface area contributed by atoms with Gasteiger partial charge in [0.1, 0.15) is 0 Å². The zero-order valence-corrected chi connectivity index (χ0v) is 12.9. The van der Waals surface area contributed by atoms with Gasteiger partial charge in [0.15, 0.2) is 0 Å². The molecule has 5 nitrogen and oxygen atoms in total. The first-order chi connectivity index (χ1) is 9.52. The van der Waals surface area contributed by atoms with E-state index in [-0.39, 0.29) is 5.91 Å². The van der Waals surface area contributed by atoms with Gasteiger partial charge in [-0.1, -0.05) is 0 Å². The number of hydrogen-bond acceptors (Lipinski definition) is 5. The number of pyridine rings is 1.